The summed E-state index contributed by atoms with van der Waals surface area (Å²) in [4.78, 5) is 31.4. The molecule has 1 aromatic carbocycles. The molecule has 0 bridgehead atoms. The van der Waals surface area contributed by atoms with Crippen molar-refractivity contribution in [1.29, 1.82) is 0 Å². The molecule has 1 aromatic heterocycles. The van der Waals surface area contributed by atoms with Crippen molar-refractivity contribution in [2.45, 2.75) is 32.6 Å². The third kappa shape index (κ3) is 5.66. The number of hydrogen-bond acceptors (Lipinski definition) is 7. The lowest BCUT2D eigenvalue weighted by atomic mass is 9.84. The molecule has 9 heteroatoms. The zero-order valence-electron chi connectivity index (χ0n) is 20.9. The fourth-order valence-corrected chi connectivity index (χ4v) is 4.55. The molecule has 4 rings (SSSR count). The van der Waals surface area contributed by atoms with Crippen molar-refractivity contribution in [2.75, 3.05) is 58.4 Å². The number of aromatic nitrogens is 2. The summed E-state index contributed by atoms with van der Waals surface area (Å²) in [6.07, 6.45) is 3.88. The van der Waals surface area contributed by atoms with E-state index in [0.29, 0.717) is 49.9 Å². The van der Waals surface area contributed by atoms with E-state index in [0.717, 1.165) is 37.1 Å². The summed E-state index contributed by atoms with van der Waals surface area (Å²) in [5.41, 5.74) is 1.56. The zero-order valence-corrected chi connectivity index (χ0v) is 20.9. The summed E-state index contributed by atoms with van der Waals surface area (Å²) in [6, 6.07) is 9.47. The summed E-state index contributed by atoms with van der Waals surface area (Å²) in [5.74, 6) is 2.46. The van der Waals surface area contributed by atoms with Crippen molar-refractivity contribution in [3.63, 3.8) is 0 Å². The van der Waals surface area contributed by atoms with E-state index in [4.69, 9.17) is 9.47 Å². The molecule has 0 atom stereocenters. The van der Waals surface area contributed by atoms with Gasteiger partial charge in [0.2, 0.25) is 11.8 Å². The highest BCUT2D eigenvalue weighted by atomic mass is 16.5. The van der Waals surface area contributed by atoms with Crippen LogP contribution in [0, 0.1) is 5.92 Å². The van der Waals surface area contributed by atoms with Gasteiger partial charge in [0.25, 0.3) is 0 Å². The summed E-state index contributed by atoms with van der Waals surface area (Å²) in [7, 11) is 3.23. The third-order valence-electron chi connectivity index (χ3n) is 6.88. The summed E-state index contributed by atoms with van der Waals surface area (Å²) >= 11 is 0. The van der Waals surface area contributed by atoms with Gasteiger partial charge >= 0.3 is 0 Å². The minimum atomic E-state index is 0.0267. The SMILES string of the molecule is CCCN(CC(=O)N1CCN(c2ccc(-c3ccc(OC)cc3OC)nn2)CC1)C(=O)C1CCC1. The predicted octanol–water partition coefficient (Wildman–Crippen LogP) is 2.85. The van der Waals surface area contributed by atoms with Gasteiger partial charge in [0, 0.05) is 50.3 Å². The van der Waals surface area contributed by atoms with Crippen molar-refractivity contribution < 1.29 is 19.1 Å². The van der Waals surface area contributed by atoms with Crippen LogP contribution in [0.25, 0.3) is 11.3 Å². The first kappa shape index (κ1) is 24.8. The van der Waals surface area contributed by atoms with Gasteiger partial charge < -0.3 is 24.2 Å². The van der Waals surface area contributed by atoms with Crippen LogP contribution in [0.15, 0.2) is 30.3 Å². The molecule has 2 heterocycles. The number of ether oxygens (including phenoxy) is 2. The van der Waals surface area contributed by atoms with E-state index in [1.807, 2.05) is 42.2 Å². The van der Waals surface area contributed by atoms with Crippen LogP contribution in [0.5, 0.6) is 11.5 Å². The number of rotatable bonds is 9. The van der Waals surface area contributed by atoms with E-state index in [9.17, 15) is 9.59 Å². The second-order valence-corrected chi connectivity index (χ2v) is 9.10. The molecule has 188 valence electrons. The maximum absolute atomic E-state index is 12.9. The van der Waals surface area contributed by atoms with Crippen molar-refractivity contribution in [2.24, 2.45) is 5.92 Å². The second kappa shape index (κ2) is 11.4. The van der Waals surface area contributed by atoms with Gasteiger partial charge in [-0.25, -0.2) is 0 Å². The van der Waals surface area contributed by atoms with Gasteiger partial charge in [-0.05, 0) is 43.5 Å². The summed E-state index contributed by atoms with van der Waals surface area (Å²) in [5, 5.41) is 8.85. The van der Waals surface area contributed by atoms with E-state index < -0.39 is 0 Å². The average Bonchev–Trinajstić information content (AvgIpc) is 2.87. The first-order chi connectivity index (χ1) is 17.0. The van der Waals surface area contributed by atoms with Crippen LogP contribution >= 0.6 is 0 Å². The molecular formula is C26H35N5O4. The number of methoxy groups -OCH3 is 2. The van der Waals surface area contributed by atoms with Crippen molar-refractivity contribution in [3.05, 3.63) is 30.3 Å². The first-order valence-electron chi connectivity index (χ1n) is 12.4. The molecule has 1 saturated carbocycles. The predicted molar refractivity (Wildman–Crippen MR) is 134 cm³/mol. The fraction of sp³-hybridized carbons (Fsp3) is 0.538. The van der Waals surface area contributed by atoms with Gasteiger partial charge in [-0.15, -0.1) is 10.2 Å². The highest BCUT2D eigenvalue weighted by Gasteiger charge is 2.31. The molecule has 2 amide bonds. The van der Waals surface area contributed by atoms with Gasteiger partial charge in [0.05, 0.1) is 26.5 Å². The van der Waals surface area contributed by atoms with E-state index in [2.05, 4.69) is 15.1 Å². The number of nitrogens with zero attached hydrogens (tertiary/aromatic N) is 5. The standard InChI is InChI=1S/C26H35N5O4/c1-4-12-31(26(33)19-6-5-7-19)18-25(32)30-15-13-29(14-16-30)24-11-10-22(27-28-24)21-9-8-20(34-2)17-23(21)35-3/h8-11,17,19H,4-7,12-16,18H2,1-3H3. The van der Waals surface area contributed by atoms with Crippen LogP contribution in [0.4, 0.5) is 5.82 Å². The Bertz CT molecular complexity index is 1020. The van der Waals surface area contributed by atoms with E-state index in [1.165, 1.54) is 0 Å². The molecule has 0 N–H and O–H groups in total. The molecule has 9 nitrogen and oxygen atoms in total. The Hall–Kier alpha value is -3.36. The largest absolute Gasteiger partial charge is 0.497 e. The van der Waals surface area contributed by atoms with E-state index in [1.54, 1.807) is 19.1 Å². The molecule has 35 heavy (non-hydrogen) atoms. The maximum Gasteiger partial charge on any atom is 0.242 e. The lowest BCUT2D eigenvalue weighted by molar-refractivity contribution is -0.144. The Kier molecular flexibility index (Phi) is 8.05. The lowest BCUT2D eigenvalue weighted by Gasteiger charge is -2.37. The number of amides is 2. The van der Waals surface area contributed by atoms with Crippen LogP contribution in [0.3, 0.4) is 0 Å². The molecule has 2 aromatic rings. The highest BCUT2D eigenvalue weighted by molar-refractivity contribution is 5.86. The van der Waals surface area contributed by atoms with Crippen molar-refractivity contribution in [3.8, 4) is 22.8 Å². The number of benzene rings is 1. The lowest BCUT2D eigenvalue weighted by Crippen LogP contribution is -2.52. The minimum absolute atomic E-state index is 0.0267. The van der Waals surface area contributed by atoms with Crippen molar-refractivity contribution >= 4 is 17.6 Å². The fourth-order valence-electron chi connectivity index (χ4n) is 4.55. The monoisotopic (exact) mass is 481 g/mol. The Morgan fingerprint density at radius 3 is 2.37 bits per heavy atom. The van der Waals surface area contributed by atoms with Crippen LogP contribution in [-0.4, -0.2) is 85.3 Å². The zero-order chi connectivity index (χ0) is 24.8. The number of carbonyl (C=O) groups excluding carboxylic acids is 2. The molecule has 0 unspecified atom stereocenters. The van der Waals surface area contributed by atoms with Gasteiger partial charge in [-0.2, -0.15) is 0 Å². The Labute approximate surface area is 207 Å². The van der Waals surface area contributed by atoms with Gasteiger partial charge in [-0.1, -0.05) is 13.3 Å². The molecule has 1 aliphatic heterocycles. The van der Waals surface area contributed by atoms with Crippen molar-refractivity contribution in [1.82, 2.24) is 20.0 Å². The highest BCUT2D eigenvalue weighted by Crippen LogP contribution is 2.32. The minimum Gasteiger partial charge on any atom is -0.497 e. The Balaban J connectivity index is 1.33. The van der Waals surface area contributed by atoms with Crippen LogP contribution in [-0.2, 0) is 9.59 Å². The quantitative estimate of drug-likeness (QED) is 0.544. The Morgan fingerprint density at radius 2 is 1.80 bits per heavy atom. The van der Waals surface area contributed by atoms with Gasteiger partial charge in [0.15, 0.2) is 5.82 Å². The third-order valence-corrected chi connectivity index (χ3v) is 6.88. The normalized spacial score (nSPS) is 16.0. The number of anilines is 1. The summed E-state index contributed by atoms with van der Waals surface area (Å²) < 4.78 is 10.7. The number of hydrogen-bond donors (Lipinski definition) is 0. The molecule has 2 aliphatic rings. The van der Waals surface area contributed by atoms with Crippen LogP contribution in [0.1, 0.15) is 32.6 Å². The smallest absolute Gasteiger partial charge is 0.242 e. The van der Waals surface area contributed by atoms with Crippen LogP contribution < -0.4 is 14.4 Å². The molecule has 0 radical (unpaired) electrons. The summed E-state index contributed by atoms with van der Waals surface area (Å²) in [6.45, 7) is 5.43. The van der Waals surface area contributed by atoms with E-state index in [-0.39, 0.29) is 24.3 Å². The second-order valence-electron chi connectivity index (χ2n) is 9.10. The number of carbonyl (C=O) groups is 2. The molecule has 2 fully saturated rings. The molecule has 1 saturated heterocycles. The Morgan fingerprint density at radius 1 is 1.03 bits per heavy atom. The topological polar surface area (TPSA) is 88.1 Å². The maximum atomic E-state index is 12.9. The molecule has 0 spiro atoms. The van der Waals surface area contributed by atoms with Gasteiger partial charge in [-0.3, -0.25) is 9.59 Å². The molecule has 1 aliphatic carbocycles. The van der Waals surface area contributed by atoms with Crippen LogP contribution in [0.2, 0.25) is 0 Å². The number of piperazine rings is 1. The van der Waals surface area contributed by atoms with E-state index >= 15 is 0 Å². The molecular weight excluding hydrogens is 446 g/mol. The first-order valence-corrected chi connectivity index (χ1v) is 12.4. The van der Waals surface area contributed by atoms with Gasteiger partial charge in [0.1, 0.15) is 11.5 Å². The average molecular weight is 482 g/mol.